The van der Waals surface area contributed by atoms with E-state index in [1.54, 1.807) is 0 Å². The Morgan fingerprint density at radius 3 is 2.43 bits per heavy atom. The van der Waals surface area contributed by atoms with Gasteiger partial charge in [-0.25, -0.2) is 0 Å². The van der Waals surface area contributed by atoms with Crippen LogP contribution in [0.4, 0.5) is 0 Å². The number of rotatable bonds is 5. The average Bonchev–Trinajstić information content (AvgIpc) is 2.82. The van der Waals surface area contributed by atoms with Gasteiger partial charge in [0, 0.05) is 31.8 Å². The third-order valence-corrected chi connectivity index (χ3v) is 6.16. The van der Waals surface area contributed by atoms with Crippen molar-refractivity contribution in [2.24, 2.45) is 0 Å². The number of ether oxygens (including phenoxy) is 1. The summed E-state index contributed by atoms with van der Waals surface area (Å²) in [6.07, 6.45) is 2.11. The van der Waals surface area contributed by atoms with Crippen LogP contribution in [0.3, 0.4) is 0 Å². The van der Waals surface area contributed by atoms with Gasteiger partial charge in [0.25, 0.3) is 0 Å². The Hall–Kier alpha value is -1.29. The first-order valence-corrected chi connectivity index (χ1v) is 15.5. The van der Waals surface area contributed by atoms with E-state index in [0.717, 1.165) is 12.2 Å². The molecular weight excluding hydrogens is 314 g/mol. The monoisotopic (exact) mass is 343 g/mol. The Labute approximate surface area is 142 Å². The molecule has 0 saturated carbocycles. The summed E-state index contributed by atoms with van der Waals surface area (Å²) in [5, 5.41) is 1.24. The molecule has 0 aliphatic rings. The van der Waals surface area contributed by atoms with Gasteiger partial charge in [0.15, 0.2) is 0 Å². The normalized spacial score (nSPS) is 12.3. The third-order valence-electron chi connectivity index (χ3n) is 3.58. The fourth-order valence-electron chi connectivity index (χ4n) is 2.19. The van der Waals surface area contributed by atoms with E-state index < -0.39 is 16.1 Å². The van der Waals surface area contributed by atoms with Gasteiger partial charge < -0.3 is 9.30 Å². The first-order valence-electron chi connectivity index (χ1n) is 8.34. The number of benzene rings is 1. The molecule has 0 spiro atoms. The second-order valence-electron chi connectivity index (χ2n) is 8.41. The predicted octanol–water partition coefficient (Wildman–Crippen LogP) is 5.18. The van der Waals surface area contributed by atoms with Crippen LogP contribution in [-0.2, 0) is 11.5 Å². The first-order chi connectivity index (χ1) is 10.6. The Morgan fingerprint density at radius 1 is 1.04 bits per heavy atom. The highest BCUT2D eigenvalue weighted by Crippen LogP contribution is 2.18. The minimum atomic E-state index is -1.32. The van der Waals surface area contributed by atoms with Gasteiger partial charge in [-0.2, -0.15) is 0 Å². The highest BCUT2D eigenvalue weighted by Gasteiger charge is 2.12. The molecule has 2 aromatic rings. The highest BCUT2D eigenvalue weighted by molar-refractivity contribution is 6.83. The largest absolute Gasteiger partial charge is 0.361 e. The molecule has 0 unspecified atom stereocenters. The molecule has 1 aromatic carbocycles. The van der Waals surface area contributed by atoms with Crippen LogP contribution in [-0.4, -0.2) is 27.3 Å². The van der Waals surface area contributed by atoms with Crippen molar-refractivity contribution >= 4 is 27.1 Å². The van der Waals surface area contributed by atoms with Crippen molar-refractivity contribution in [3.63, 3.8) is 0 Å². The molecule has 124 valence electrons. The van der Waals surface area contributed by atoms with Gasteiger partial charge in [-0.3, -0.25) is 0 Å². The topological polar surface area (TPSA) is 14.2 Å². The molecule has 2 rings (SSSR count). The van der Waals surface area contributed by atoms with E-state index >= 15 is 0 Å². The molecule has 23 heavy (non-hydrogen) atoms. The van der Waals surface area contributed by atoms with E-state index in [0.29, 0.717) is 6.73 Å². The molecule has 0 aliphatic heterocycles. The molecule has 1 aromatic heterocycles. The average molecular weight is 344 g/mol. The van der Waals surface area contributed by atoms with Crippen molar-refractivity contribution in [1.29, 1.82) is 0 Å². The van der Waals surface area contributed by atoms with Crippen molar-refractivity contribution in [3.8, 4) is 11.5 Å². The predicted molar refractivity (Wildman–Crippen MR) is 106 cm³/mol. The van der Waals surface area contributed by atoms with Crippen LogP contribution in [0, 0.1) is 11.5 Å². The summed E-state index contributed by atoms with van der Waals surface area (Å²) in [7, 11) is -2.33. The SMILES string of the molecule is C[Si](C)(C)C#Cc1ccc2c(ccn2COCC[Si](C)(C)C)c1. The maximum Gasteiger partial charge on any atom is 0.129 e. The molecule has 2 nitrogen and oxygen atoms in total. The van der Waals surface area contributed by atoms with E-state index in [1.165, 1.54) is 16.9 Å². The lowest BCUT2D eigenvalue weighted by Crippen LogP contribution is -2.21. The van der Waals surface area contributed by atoms with Crippen LogP contribution >= 0.6 is 0 Å². The van der Waals surface area contributed by atoms with Crippen LogP contribution < -0.4 is 0 Å². The summed E-state index contributed by atoms with van der Waals surface area (Å²) >= 11 is 0. The highest BCUT2D eigenvalue weighted by atomic mass is 28.3. The second-order valence-corrected chi connectivity index (χ2v) is 18.8. The third kappa shape index (κ3) is 6.02. The first kappa shape index (κ1) is 18.1. The summed E-state index contributed by atoms with van der Waals surface area (Å²) in [5.41, 5.74) is 5.75. The van der Waals surface area contributed by atoms with Crippen molar-refractivity contribution in [2.75, 3.05) is 6.61 Å². The standard InChI is InChI=1S/C19H29NOSi2/c1-22(2,3)13-10-17-7-8-19-18(15-17)9-11-20(19)16-21-12-14-23(4,5)6/h7-9,11,15H,12,14,16H2,1-6H3. The number of nitrogens with zero attached hydrogens (tertiary/aromatic N) is 1. The van der Waals surface area contributed by atoms with Gasteiger partial charge in [0.1, 0.15) is 14.8 Å². The van der Waals surface area contributed by atoms with Crippen LogP contribution in [0.25, 0.3) is 10.9 Å². The molecule has 0 fully saturated rings. The van der Waals surface area contributed by atoms with E-state index in [1.807, 2.05) is 0 Å². The zero-order valence-electron chi connectivity index (χ0n) is 15.4. The van der Waals surface area contributed by atoms with Crippen molar-refractivity contribution < 1.29 is 4.74 Å². The molecular formula is C19H29NOSi2. The zero-order valence-corrected chi connectivity index (χ0v) is 17.4. The summed E-state index contributed by atoms with van der Waals surface area (Å²) in [6.45, 7) is 15.4. The van der Waals surface area contributed by atoms with Gasteiger partial charge in [-0.1, -0.05) is 45.2 Å². The van der Waals surface area contributed by atoms with Crippen molar-refractivity contribution in [3.05, 3.63) is 36.0 Å². The Morgan fingerprint density at radius 2 is 1.78 bits per heavy atom. The van der Waals surface area contributed by atoms with E-state index in [4.69, 9.17) is 4.74 Å². The summed E-state index contributed by atoms with van der Waals surface area (Å²) in [6, 6.07) is 9.82. The van der Waals surface area contributed by atoms with Gasteiger partial charge in [-0.15, -0.1) is 5.54 Å². The van der Waals surface area contributed by atoms with Gasteiger partial charge >= 0.3 is 0 Å². The van der Waals surface area contributed by atoms with Crippen LogP contribution in [0.15, 0.2) is 30.5 Å². The number of hydrogen-bond donors (Lipinski definition) is 0. The minimum Gasteiger partial charge on any atom is -0.361 e. The molecule has 0 amide bonds. The lowest BCUT2D eigenvalue weighted by atomic mass is 10.2. The molecule has 0 radical (unpaired) electrons. The molecule has 0 bridgehead atoms. The maximum atomic E-state index is 5.86. The number of aromatic nitrogens is 1. The summed E-state index contributed by atoms with van der Waals surface area (Å²) in [5.74, 6) is 3.33. The van der Waals surface area contributed by atoms with Gasteiger partial charge in [-0.05, 0) is 30.3 Å². The molecule has 0 N–H and O–H groups in total. The van der Waals surface area contributed by atoms with Crippen molar-refractivity contribution in [2.45, 2.75) is 52.1 Å². The fraction of sp³-hybridized carbons (Fsp3) is 0.474. The van der Waals surface area contributed by atoms with Crippen LogP contribution in [0.2, 0.25) is 45.3 Å². The number of fused-ring (bicyclic) bond motifs is 1. The van der Waals surface area contributed by atoms with E-state index in [9.17, 15) is 0 Å². The lowest BCUT2D eigenvalue weighted by Gasteiger charge is -2.15. The molecule has 0 saturated heterocycles. The molecule has 4 heteroatoms. The summed E-state index contributed by atoms with van der Waals surface area (Å²) in [4.78, 5) is 0. The smallest absolute Gasteiger partial charge is 0.129 e. The number of hydrogen-bond acceptors (Lipinski definition) is 1. The van der Waals surface area contributed by atoms with Crippen molar-refractivity contribution in [1.82, 2.24) is 4.57 Å². The maximum absolute atomic E-state index is 5.86. The molecule has 0 atom stereocenters. The lowest BCUT2D eigenvalue weighted by molar-refractivity contribution is 0.0902. The van der Waals surface area contributed by atoms with E-state index in [2.05, 4.69) is 85.8 Å². The minimum absolute atomic E-state index is 0.633. The molecule has 0 aliphatic carbocycles. The Kier molecular flexibility index (Phi) is 5.56. The Balaban J connectivity index is 2.05. The zero-order chi connectivity index (χ0) is 17.1. The Bertz CT molecular complexity index is 724. The van der Waals surface area contributed by atoms with Crippen LogP contribution in [0.1, 0.15) is 5.56 Å². The summed E-state index contributed by atoms with van der Waals surface area (Å²) < 4.78 is 8.04. The quantitative estimate of drug-likeness (QED) is 0.414. The fourth-order valence-corrected chi connectivity index (χ4v) is 3.47. The van der Waals surface area contributed by atoms with Crippen LogP contribution in [0.5, 0.6) is 0 Å². The second kappa shape index (κ2) is 7.08. The van der Waals surface area contributed by atoms with Gasteiger partial charge in [0.2, 0.25) is 0 Å². The van der Waals surface area contributed by atoms with Gasteiger partial charge in [0.05, 0.1) is 5.52 Å². The molecule has 1 heterocycles. The van der Waals surface area contributed by atoms with E-state index in [-0.39, 0.29) is 0 Å².